The summed E-state index contributed by atoms with van der Waals surface area (Å²) in [6.45, 7) is 10.3. The Balaban J connectivity index is 0.710. The fraction of sp³-hybridized carbons (Fsp3) is 0.458. The van der Waals surface area contributed by atoms with E-state index in [2.05, 4.69) is 61.3 Å². The fourth-order valence-corrected chi connectivity index (χ4v) is 9.71. The number of anilines is 3. The van der Waals surface area contributed by atoms with Crippen LogP contribution < -0.4 is 25.2 Å². The first kappa shape index (κ1) is 43.3. The van der Waals surface area contributed by atoms with Crippen LogP contribution in [0, 0.1) is 23.2 Å². The van der Waals surface area contributed by atoms with Crippen molar-refractivity contribution < 1.29 is 28.7 Å². The molecule has 15 nitrogen and oxygen atoms in total. The number of piperidine rings is 1. The van der Waals surface area contributed by atoms with E-state index in [0.717, 1.165) is 105 Å². The van der Waals surface area contributed by atoms with E-state index in [4.69, 9.17) is 4.74 Å². The fourth-order valence-electron chi connectivity index (χ4n) is 9.71. The number of fused-ring (bicyclic) bond motifs is 2. The summed E-state index contributed by atoms with van der Waals surface area (Å²) in [4.78, 5) is 80.4. The smallest absolute Gasteiger partial charge is 0.262 e. The predicted octanol–water partition coefficient (Wildman–Crippen LogP) is 5.93. The molecule has 63 heavy (non-hydrogen) atoms. The van der Waals surface area contributed by atoms with Crippen LogP contribution in [0.5, 0.6) is 5.88 Å². The Labute approximate surface area is 367 Å². The Kier molecular flexibility index (Phi) is 13.3. The van der Waals surface area contributed by atoms with E-state index < -0.39 is 29.7 Å². The average molecular weight is 854 g/mol. The highest BCUT2D eigenvalue weighted by atomic mass is 16.5. The number of aromatic nitrogens is 2. The van der Waals surface area contributed by atoms with Crippen molar-refractivity contribution in [1.82, 2.24) is 25.1 Å². The standard InChI is InChI=1S/C48H55N9O6/c1-31-25-33(26-32(2)56(30-31)40-13-9-34(28-49)45-38(40)7-6-18-50-45)8-15-42(58)52-35-10-17-44(51-29-35)63-24-5-3-4-19-54-20-22-55(23-21-54)36-11-12-37-39(27-36)48(62)57(47(37)61)41-14-16-43(59)53-46(41)60/h6-7,9-13,17-18,27,29,31-33,41H,3-5,8,14-16,19-26,30H2,1-2H3,(H,52,58)(H,53,59,60)/t31-,32-,33?,41?/m0/s1. The largest absolute Gasteiger partial charge is 0.478 e. The number of amides is 5. The summed E-state index contributed by atoms with van der Waals surface area (Å²) in [6.07, 6.45) is 9.84. The van der Waals surface area contributed by atoms with E-state index in [1.807, 2.05) is 30.3 Å². The van der Waals surface area contributed by atoms with Crippen molar-refractivity contribution in [2.45, 2.75) is 83.7 Å². The Morgan fingerprint density at radius 2 is 1.76 bits per heavy atom. The quantitative estimate of drug-likeness (QED) is 0.113. The molecule has 328 valence electrons. The lowest BCUT2D eigenvalue weighted by Crippen LogP contribution is -2.54. The van der Waals surface area contributed by atoms with Crippen molar-refractivity contribution in [3.05, 3.63) is 83.7 Å². The topological polar surface area (TPSA) is 181 Å². The molecule has 15 heteroatoms. The molecule has 2 unspecified atom stereocenters. The molecule has 3 saturated heterocycles. The monoisotopic (exact) mass is 853 g/mol. The van der Waals surface area contributed by atoms with E-state index in [0.29, 0.717) is 47.6 Å². The lowest BCUT2D eigenvalue weighted by Gasteiger charge is -2.36. The van der Waals surface area contributed by atoms with E-state index >= 15 is 0 Å². The molecule has 3 fully saturated rings. The summed E-state index contributed by atoms with van der Waals surface area (Å²) >= 11 is 0. The van der Waals surface area contributed by atoms with E-state index in [-0.39, 0.29) is 30.4 Å². The Hall–Kier alpha value is -6.40. The molecule has 4 aliphatic rings. The molecule has 4 atom stereocenters. The molecule has 4 aliphatic heterocycles. The van der Waals surface area contributed by atoms with Gasteiger partial charge in [-0.05, 0) is 119 Å². The van der Waals surface area contributed by atoms with Gasteiger partial charge in [-0.1, -0.05) is 6.92 Å². The Morgan fingerprint density at radius 3 is 2.54 bits per heavy atom. The van der Waals surface area contributed by atoms with Gasteiger partial charge in [-0.25, -0.2) is 4.98 Å². The highest BCUT2D eigenvalue weighted by molar-refractivity contribution is 6.23. The number of unbranched alkanes of at least 4 members (excludes halogenated alkanes) is 2. The minimum Gasteiger partial charge on any atom is -0.478 e. The summed E-state index contributed by atoms with van der Waals surface area (Å²) < 4.78 is 5.91. The molecule has 2 aromatic carbocycles. The first-order valence-electron chi connectivity index (χ1n) is 22.3. The minimum absolute atomic E-state index is 0.0186. The maximum Gasteiger partial charge on any atom is 0.262 e. The summed E-state index contributed by atoms with van der Waals surface area (Å²) in [7, 11) is 0. The minimum atomic E-state index is -0.974. The summed E-state index contributed by atoms with van der Waals surface area (Å²) in [5.41, 5.74) is 4.55. The Bertz CT molecular complexity index is 2410. The molecule has 4 aromatic rings. The second kappa shape index (κ2) is 19.3. The molecule has 0 radical (unpaired) electrons. The van der Waals surface area contributed by atoms with E-state index in [9.17, 15) is 29.2 Å². The molecule has 5 amide bonds. The van der Waals surface area contributed by atoms with Crippen molar-refractivity contribution >= 4 is 57.5 Å². The number of hydrogen-bond acceptors (Lipinski definition) is 12. The zero-order chi connectivity index (χ0) is 44.0. The number of rotatable bonds is 14. The molecule has 6 heterocycles. The second-order valence-corrected chi connectivity index (χ2v) is 17.5. The number of pyridine rings is 2. The maximum absolute atomic E-state index is 13.3. The molecule has 0 saturated carbocycles. The van der Waals surface area contributed by atoms with Gasteiger partial charge in [-0.3, -0.25) is 44.1 Å². The summed E-state index contributed by atoms with van der Waals surface area (Å²) in [5, 5.41) is 15.9. The van der Waals surface area contributed by atoms with Gasteiger partial charge in [0.15, 0.2) is 0 Å². The van der Waals surface area contributed by atoms with Gasteiger partial charge in [0.2, 0.25) is 23.6 Å². The number of nitrogens with one attached hydrogen (secondary N) is 2. The van der Waals surface area contributed by atoms with Gasteiger partial charge in [0.1, 0.15) is 12.1 Å². The third kappa shape index (κ3) is 9.81. The predicted molar refractivity (Wildman–Crippen MR) is 238 cm³/mol. The molecule has 2 aromatic heterocycles. The van der Waals surface area contributed by atoms with Crippen molar-refractivity contribution in [3.63, 3.8) is 0 Å². The van der Waals surface area contributed by atoms with Crippen LogP contribution >= 0.6 is 0 Å². The lowest BCUT2D eigenvalue weighted by molar-refractivity contribution is -0.136. The van der Waals surface area contributed by atoms with Gasteiger partial charge >= 0.3 is 0 Å². The van der Waals surface area contributed by atoms with Gasteiger partial charge in [0.05, 0.1) is 40.7 Å². The van der Waals surface area contributed by atoms with Crippen LogP contribution in [-0.2, 0) is 14.4 Å². The van der Waals surface area contributed by atoms with Crippen LogP contribution in [0.3, 0.4) is 0 Å². The number of imide groups is 2. The third-order valence-corrected chi connectivity index (χ3v) is 13.0. The van der Waals surface area contributed by atoms with Crippen LogP contribution in [-0.4, -0.2) is 107 Å². The number of benzene rings is 2. The highest BCUT2D eigenvalue weighted by Gasteiger charge is 2.45. The zero-order valence-electron chi connectivity index (χ0n) is 36.1. The second-order valence-electron chi connectivity index (χ2n) is 17.5. The zero-order valence-corrected chi connectivity index (χ0v) is 36.1. The molecular formula is C48H55N9O6. The molecule has 2 N–H and O–H groups in total. The van der Waals surface area contributed by atoms with Crippen LogP contribution in [0.4, 0.5) is 17.1 Å². The number of nitrogens with zero attached hydrogens (tertiary/aromatic N) is 7. The van der Waals surface area contributed by atoms with Gasteiger partial charge in [-0.2, -0.15) is 5.26 Å². The third-order valence-electron chi connectivity index (χ3n) is 13.0. The van der Waals surface area contributed by atoms with Gasteiger partial charge in [-0.15, -0.1) is 0 Å². The van der Waals surface area contributed by atoms with E-state index in [1.54, 1.807) is 30.6 Å². The maximum atomic E-state index is 13.3. The molecule has 0 aliphatic carbocycles. The van der Waals surface area contributed by atoms with Crippen LogP contribution in [0.15, 0.2) is 67.0 Å². The SMILES string of the molecule is C[C@H]1CC(CCC(=O)Nc2ccc(OCCCCCN3CCN(c4ccc5c(c4)C(=O)N(C4CCC(=O)NC4=O)C5=O)CC3)nc2)C[C@H](C)N(c2ccc(C#N)c3ncccc23)C1. The number of carbonyl (C=O) groups is 5. The van der Waals surface area contributed by atoms with Gasteiger partial charge in [0.25, 0.3) is 11.8 Å². The molecule has 8 rings (SSSR count). The van der Waals surface area contributed by atoms with Crippen molar-refractivity contribution in [2.75, 3.05) is 61.0 Å². The first-order valence-corrected chi connectivity index (χ1v) is 22.3. The molecular weight excluding hydrogens is 799 g/mol. The number of hydrogen-bond donors (Lipinski definition) is 2. The molecule has 0 spiro atoms. The molecule has 0 bridgehead atoms. The number of piperazine rings is 1. The van der Waals surface area contributed by atoms with Gasteiger partial charge < -0.3 is 19.9 Å². The summed E-state index contributed by atoms with van der Waals surface area (Å²) in [6, 6.07) is 18.4. The highest BCUT2D eigenvalue weighted by Crippen LogP contribution is 2.36. The van der Waals surface area contributed by atoms with Crippen LogP contribution in [0.2, 0.25) is 0 Å². The van der Waals surface area contributed by atoms with Crippen LogP contribution in [0.1, 0.15) is 97.9 Å². The van der Waals surface area contributed by atoms with Crippen molar-refractivity contribution in [2.24, 2.45) is 11.8 Å². The van der Waals surface area contributed by atoms with Crippen molar-refractivity contribution in [3.8, 4) is 11.9 Å². The normalized spacial score (nSPS) is 21.8. The van der Waals surface area contributed by atoms with Gasteiger partial charge in [0, 0.05) is 80.6 Å². The first-order chi connectivity index (χ1) is 30.6. The number of carbonyl (C=O) groups excluding carboxylic acids is 5. The Morgan fingerprint density at radius 1 is 0.937 bits per heavy atom. The summed E-state index contributed by atoms with van der Waals surface area (Å²) in [5.74, 6) is -0.612. The van der Waals surface area contributed by atoms with Crippen molar-refractivity contribution in [1.29, 1.82) is 5.26 Å². The van der Waals surface area contributed by atoms with Crippen LogP contribution in [0.25, 0.3) is 10.9 Å². The lowest BCUT2D eigenvalue weighted by atomic mass is 9.89. The average Bonchev–Trinajstić information content (AvgIpc) is 3.43. The number of nitriles is 1. The number of ether oxygens (including phenoxy) is 1. The van der Waals surface area contributed by atoms with E-state index in [1.165, 1.54) is 0 Å².